The first-order valence-corrected chi connectivity index (χ1v) is 13.5. The molecule has 1 unspecified atom stereocenters. The molecule has 2 heterocycles. The normalized spacial score (nSPS) is 16.4. The standard InChI is InChI=1S/C29H30N2O7S/c1-5-7-15-38-20-14-13-19(16-21(20)37-6-2)23-22(24(32)18-11-9-8-10-12-18)25(33)27(34)31(23)29-30-17(3)26(39-29)28(35)36-4/h8-14,16,23,32H,5-7,15H2,1-4H3/b24-22+. The summed E-state index contributed by atoms with van der Waals surface area (Å²) in [7, 11) is 1.26. The second-order valence-electron chi connectivity index (χ2n) is 8.78. The quantitative estimate of drug-likeness (QED) is 0.117. The first kappa shape index (κ1) is 27.8. The number of benzene rings is 2. The van der Waals surface area contributed by atoms with E-state index in [4.69, 9.17) is 14.2 Å². The summed E-state index contributed by atoms with van der Waals surface area (Å²) in [6.07, 6.45) is 1.84. The van der Waals surface area contributed by atoms with Gasteiger partial charge in [0.15, 0.2) is 16.6 Å². The lowest BCUT2D eigenvalue weighted by molar-refractivity contribution is -0.132. The Kier molecular flexibility index (Phi) is 8.65. The van der Waals surface area contributed by atoms with Gasteiger partial charge in [0.1, 0.15) is 10.6 Å². The number of esters is 1. The van der Waals surface area contributed by atoms with Gasteiger partial charge in [0.2, 0.25) is 0 Å². The third kappa shape index (κ3) is 5.51. The van der Waals surface area contributed by atoms with Crippen LogP contribution in [-0.4, -0.2) is 48.1 Å². The Morgan fingerprint density at radius 3 is 2.49 bits per heavy atom. The highest BCUT2D eigenvalue weighted by molar-refractivity contribution is 7.17. The smallest absolute Gasteiger partial charge is 0.350 e. The molecule has 1 saturated heterocycles. The van der Waals surface area contributed by atoms with Gasteiger partial charge in [0.05, 0.1) is 37.6 Å². The van der Waals surface area contributed by atoms with Crippen LogP contribution in [0.4, 0.5) is 5.13 Å². The summed E-state index contributed by atoms with van der Waals surface area (Å²) in [4.78, 5) is 45.0. The molecule has 1 fully saturated rings. The molecule has 1 atom stereocenters. The lowest BCUT2D eigenvalue weighted by Gasteiger charge is -2.24. The number of thiazole rings is 1. The number of carbonyl (C=O) groups excluding carboxylic acids is 3. The van der Waals surface area contributed by atoms with E-state index in [1.54, 1.807) is 55.5 Å². The molecule has 2 aromatic carbocycles. The number of methoxy groups -OCH3 is 1. The number of Topliss-reactive ketones (excluding diaryl/α,β-unsaturated/α-hetero) is 1. The number of anilines is 1. The zero-order valence-electron chi connectivity index (χ0n) is 22.2. The maximum absolute atomic E-state index is 13.5. The first-order chi connectivity index (χ1) is 18.8. The van der Waals surface area contributed by atoms with Crippen LogP contribution in [0.5, 0.6) is 11.5 Å². The van der Waals surface area contributed by atoms with Gasteiger partial charge in [-0.05, 0) is 38.0 Å². The van der Waals surface area contributed by atoms with Crippen molar-refractivity contribution in [2.75, 3.05) is 25.2 Å². The fourth-order valence-electron chi connectivity index (χ4n) is 4.27. The summed E-state index contributed by atoms with van der Waals surface area (Å²) in [6, 6.07) is 12.7. The number of hydrogen-bond donors (Lipinski definition) is 1. The minimum absolute atomic E-state index is 0.0965. The van der Waals surface area contributed by atoms with Gasteiger partial charge in [-0.1, -0.05) is 61.1 Å². The van der Waals surface area contributed by atoms with Crippen LogP contribution in [0.3, 0.4) is 0 Å². The number of nitrogens with zero attached hydrogens (tertiary/aromatic N) is 2. The van der Waals surface area contributed by atoms with Crippen molar-refractivity contribution in [2.24, 2.45) is 0 Å². The number of unbranched alkanes of at least 4 members (excludes halogenated alkanes) is 1. The Morgan fingerprint density at radius 2 is 1.82 bits per heavy atom. The SMILES string of the molecule is CCCCOc1ccc(C2/C(=C(\O)c3ccccc3)C(=O)C(=O)N2c2nc(C)c(C(=O)OC)s2)cc1OCC. The van der Waals surface area contributed by atoms with Gasteiger partial charge in [-0.3, -0.25) is 14.5 Å². The number of aryl methyl sites for hydroxylation is 1. The third-order valence-electron chi connectivity index (χ3n) is 6.19. The fourth-order valence-corrected chi connectivity index (χ4v) is 5.28. The number of rotatable bonds is 10. The number of amides is 1. The zero-order valence-corrected chi connectivity index (χ0v) is 23.0. The van der Waals surface area contributed by atoms with Gasteiger partial charge in [-0.2, -0.15) is 0 Å². The van der Waals surface area contributed by atoms with E-state index in [1.807, 2.05) is 6.92 Å². The average molecular weight is 551 g/mol. The number of hydrogen-bond acceptors (Lipinski definition) is 9. The summed E-state index contributed by atoms with van der Waals surface area (Å²) >= 11 is 0.941. The molecule has 1 amide bonds. The van der Waals surface area contributed by atoms with E-state index in [-0.39, 0.29) is 21.3 Å². The van der Waals surface area contributed by atoms with Crippen LogP contribution in [0.15, 0.2) is 54.1 Å². The number of ketones is 1. The number of carbonyl (C=O) groups is 3. The molecule has 0 spiro atoms. The molecular formula is C29H30N2O7S. The van der Waals surface area contributed by atoms with Crippen LogP contribution in [0, 0.1) is 6.92 Å². The van der Waals surface area contributed by atoms with Gasteiger partial charge in [-0.25, -0.2) is 9.78 Å². The summed E-state index contributed by atoms with van der Waals surface area (Å²) in [5.41, 5.74) is 1.15. The predicted octanol–water partition coefficient (Wildman–Crippen LogP) is 5.44. The fraction of sp³-hybridized carbons (Fsp3) is 0.310. The lowest BCUT2D eigenvalue weighted by atomic mass is 9.95. The van der Waals surface area contributed by atoms with E-state index in [1.165, 1.54) is 12.0 Å². The molecule has 1 N–H and O–H groups in total. The Hall–Kier alpha value is -4.18. The molecule has 0 radical (unpaired) electrons. The van der Waals surface area contributed by atoms with Gasteiger partial charge in [0.25, 0.3) is 5.78 Å². The van der Waals surface area contributed by atoms with E-state index in [2.05, 4.69) is 11.9 Å². The topological polar surface area (TPSA) is 115 Å². The van der Waals surface area contributed by atoms with Crippen molar-refractivity contribution in [3.8, 4) is 11.5 Å². The van der Waals surface area contributed by atoms with Crippen LogP contribution < -0.4 is 14.4 Å². The van der Waals surface area contributed by atoms with Crippen molar-refractivity contribution in [2.45, 2.75) is 39.7 Å². The van der Waals surface area contributed by atoms with Crippen molar-refractivity contribution in [1.82, 2.24) is 4.98 Å². The molecule has 1 aliphatic rings. The second kappa shape index (κ2) is 12.1. The Labute approximate surface area is 230 Å². The van der Waals surface area contributed by atoms with Crippen LogP contribution in [0.2, 0.25) is 0 Å². The van der Waals surface area contributed by atoms with Crippen LogP contribution in [0.25, 0.3) is 5.76 Å². The molecule has 0 aliphatic carbocycles. The molecule has 39 heavy (non-hydrogen) atoms. The number of ether oxygens (including phenoxy) is 3. The molecule has 10 heteroatoms. The highest BCUT2D eigenvalue weighted by Crippen LogP contribution is 2.45. The molecule has 4 rings (SSSR count). The van der Waals surface area contributed by atoms with Gasteiger partial charge < -0.3 is 19.3 Å². The molecule has 0 saturated carbocycles. The highest BCUT2D eigenvalue weighted by Gasteiger charge is 2.48. The summed E-state index contributed by atoms with van der Waals surface area (Å²) in [5, 5.41) is 11.4. The predicted molar refractivity (Wildman–Crippen MR) is 147 cm³/mol. The minimum Gasteiger partial charge on any atom is -0.507 e. The van der Waals surface area contributed by atoms with Crippen LogP contribution >= 0.6 is 11.3 Å². The summed E-state index contributed by atoms with van der Waals surface area (Å²) in [6.45, 7) is 6.41. The lowest BCUT2D eigenvalue weighted by Crippen LogP contribution is -2.29. The molecule has 1 aromatic heterocycles. The molecule has 1 aliphatic heterocycles. The Balaban J connectivity index is 1.91. The Morgan fingerprint density at radius 1 is 1.08 bits per heavy atom. The molecule has 0 bridgehead atoms. The van der Waals surface area contributed by atoms with Crippen molar-refractivity contribution < 1.29 is 33.7 Å². The zero-order chi connectivity index (χ0) is 28.1. The molecule has 204 valence electrons. The average Bonchev–Trinajstić information content (AvgIpc) is 3.45. The Bertz CT molecular complexity index is 1410. The number of aliphatic hydroxyl groups excluding tert-OH is 1. The van der Waals surface area contributed by atoms with E-state index >= 15 is 0 Å². The van der Waals surface area contributed by atoms with Crippen molar-refractivity contribution in [3.63, 3.8) is 0 Å². The third-order valence-corrected chi connectivity index (χ3v) is 7.33. The van der Waals surface area contributed by atoms with E-state index in [0.29, 0.717) is 41.5 Å². The number of aliphatic hydroxyl groups is 1. The van der Waals surface area contributed by atoms with E-state index < -0.39 is 23.7 Å². The highest BCUT2D eigenvalue weighted by atomic mass is 32.1. The van der Waals surface area contributed by atoms with Crippen LogP contribution in [-0.2, 0) is 14.3 Å². The van der Waals surface area contributed by atoms with Crippen molar-refractivity contribution in [1.29, 1.82) is 0 Å². The molecule has 3 aromatic rings. The number of aromatic nitrogens is 1. The van der Waals surface area contributed by atoms with Crippen molar-refractivity contribution in [3.05, 3.63) is 75.8 Å². The monoisotopic (exact) mass is 550 g/mol. The van der Waals surface area contributed by atoms with Gasteiger partial charge in [0, 0.05) is 5.56 Å². The van der Waals surface area contributed by atoms with E-state index in [9.17, 15) is 19.5 Å². The molecular weight excluding hydrogens is 520 g/mol. The maximum Gasteiger partial charge on any atom is 0.350 e. The molecule has 9 nitrogen and oxygen atoms in total. The van der Waals surface area contributed by atoms with Gasteiger partial charge in [-0.15, -0.1) is 0 Å². The largest absolute Gasteiger partial charge is 0.507 e. The second-order valence-corrected chi connectivity index (χ2v) is 9.76. The summed E-state index contributed by atoms with van der Waals surface area (Å²) in [5.74, 6) is -1.67. The first-order valence-electron chi connectivity index (χ1n) is 12.6. The van der Waals surface area contributed by atoms with Crippen LogP contribution in [0.1, 0.15) is 59.2 Å². The van der Waals surface area contributed by atoms with Gasteiger partial charge >= 0.3 is 11.9 Å². The van der Waals surface area contributed by atoms with E-state index in [0.717, 1.165) is 24.2 Å². The van der Waals surface area contributed by atoms with Crippen molar-refractivity contribution >= 4 is 39.9 Å². The maximum atomic E-state index is 13.5. The minimum atomic E-state index is -1.04. The summed E-state index contributed by atoms with van der Waals surface area (Å²) < 4.78 is 16.6.